The number of hydrogen-bond acceptors (Lipinski definition) is 10. The van der Waals surface area contributed by atoms with E-state index in [-0.39, 0.29) is 44.2 Å². The summed E-state index contributed by atoms with van der Waals surface area (Å²) in [6.07, 6.45) is 7.32. The summed E-state index contributed by atoms with van der Waals surface area (Å²) in [4.78, 5) is 53.0. The Kier molecular flexibility index (Phi) is 8.35. The number of aromatic nitrogens is 4. The molecule has 2 N–H and O–H groups in total. The molecule has 1 aromatic carbocycles. The van der Waals surface area contributed by atoms with E-state index in [0.717, 1.165) is 5.56 Å². The van der Waals surface area contributed by atoms with Crippen LogP contribution >= 0.6 is 0 Å². The highest BCUT2D eigenvalue weighted by atomic mass is 16.7. The molecule has 1 saturated heterocycles. The predicted octanol–water partition coefficient (Wildman–Crippen LogP) is 0.258. The second-order valence-electron chi connectivity index (χ2n) is 9.25. The summed E-state index contributed by atoms with van der Waals surface area (Å²) in [6, 6.07) is 7.07. The minimum atomic E-state index is -1.15. The standard InChI is InChI=1S/C26H29N7O7/c34-23(28-5-3-18-1-2-20-21(11-18)40-17-39-20)12-19-13-31(24(35)14-38-15-25(36)37)9-10-33(19)22-4-6-29-26(30-22)32-8-7-27-16-32/h1-2,4,6-8,11,16,19H,3,5,9-10,12-15,17H2,(H,28,34)(H,36,37). The van der Waals surface area contributed by atoms with Gasteiger partial charge in [0.05, 0.1) is 6.04 Å². The zero-order valence-electron chi connectivity index (χ0n) is 21.6. The van der Waals surface area contributed by atoms with Gasteiger partial charge in [0, 0.05) is 51.2 Å². The number of imidazole rings is 1. The average molecular weight is 552 g/mol. The Hall–Kier alpha value is -4.72. The van der Waals surface area contributed by atoms with Crippen molar-refractivity contribution in [2.75, 3.05) is 51.1 Å². The number of nitrogens with zero attached hydrogens (tertiary/aromatic N) is 6. The summed E-state index contributed by atoms with van der Waals surface area (Å²) in [6.45, 7) is 0.749. The topological polar surface area (TPSA) is 161 Å². The van der Waals surface area contributed by atoms with Gasteiger partial charge in [0.2, 0.25) is 24.6 Å². The van der Waals surface area contributed by atoms with Crippen molar-refractivity contribution in [3.63, 3.8) is 0 Å². The Morgan fingerprint density at radius 3 is 2.80 bits per heavy atom. The van der Waals surface area contributed by atoms with Crippen molar-refractivity contribution in [1.82, 2.24) is 29.7 Å². The van der Waals surface area contributed by atoms with Gasteiger partial charge < -0.3 is 34.4 Å². The monoisotopic (exact) mass is 551 g/mol. The quantitative estimate of drug-likeness (QED) is 0.336. The van der Waals surface area contributed by atoms with Crippen molar-refractivity contribution in [3.05, 3.63) is 54.7 Å². The third kappa shape index (κ3) is 6.64. The highest BCUT2D eigenvalue weighted by molar-refractivity contribution is 5.80. The molecular weight excluding hydrogens is 522 g/mol. The lowest BCUT2D eigenvalue weighted by molar-refractivity contribution is -0.146. The number of carboxylic acid groups (broad SMARTS) is 1. The molecule has 14 nitrogen and oxygen atoms in total. The van der Waals surface area contributed by atoms with Crippen LogP contribution in [-0.2, 0) is 25.5 Å². The molecule has 2 aliphatic rings. The molecule has 0 aliphatic carbocycles. The van der Waals surface area contributed by atoms with Crippen molar-refractivity contribution < 1.29 is 33.7 Å². The first-order chi connectivity index (χ1) is 19.5. The number of piperazine rings is 1. The lowest BCUT2D eigenvalue weighted by Crippen LogP contribution is -2.57. The molecule has 0 spiro atoms. The van der Waals surface area contributed by atoms with E-state index in [2.05, 4.69) is 20.3 Å². The number of anilines is 1. The van der Waals surface area contributed by atoms with Crippen LogP contribution in [0.3, 0.4) is 0 Å². The van der Waals surface area contributed by atoms with Gasteiger partial charge in [0.15, 0.2) is 11.5 Å². The molecule has 40 heavy (non-hydrogen) atoms. The fourth-order valence-corrected chi connectivity index (χ4v) is 4.60. The van der Waals surface area contributed by atoms with E-state index in [0.29, 0.717) is 49.3 Å². The van der Waals surface area contributed by atoms with Gasteiger partial charge in [-0.25, -0.2) is 14.8 Å². The second kappa shape index (κ2) is 12.4. The van der Waals surface area contributed by atoms with Crippen LogP contribution in [-0.4, -0.2) is 99.5 Å². The van der Waals surface area contributed by atoms with Crippen molar-refractivity contribution in [2.24, 2.45) is 0 Å². The number of fused-ring (bicyclic) bond motifs is 1. The molecule has 210 valence electrons. The molecule has 0 saturated carbocycles. The van der Waals surface area contributed by atoms with Crippen LogP contribution < -0.4 is 19.7 Å². The number of carbonyl (C=O) groups excluding carboxylic acids is 2. The fraction of sp³-hybridized carbons (Fsp3) is 0.385. The normalized spacial score (nSPS) is 16.1. The summed E-state index contributed by atoms with van der Waals surface area (Å²) >= 11 is 0. The number of carbonyl (C=O) groups is 3. The van der Waals surface area contributed by atoms with E-state index >= 15 is 0 Å². The van der Waals surface area contributed by atoms with E-state index in [1.54, 1.807) is 40.5 Å². The number of amides is 2. The van der Waals surface area contributed by atoms with Gasteiger partial charge in [-0.2, -0.15) is 4.98 Å². The van der Waals surface area contributed by atoms with Crippen LogP contribution in [0.1, 0.15) is 12.0 Å². The van der Waals surface area contributed by atoms with Gasteiger partial charge in [0.25, 0.3) is 0 Å². The first-order valence-corrected chi connectivity index (χ1v) is 12.8. The lowest BCUT2D eigenvalue weighted by atomic mass is 10.1. The molecular formula is C26H29N7O7. The molecule has 2 amide bonds. The molecule has 14 heteroatoms. The maximum atomic E-state index is 13.0. The van der Waals surface area contributed by atoms with Crippen LogP contribution in [0.25, 0.3) is 5.95 Å². The molecule has 0 radical (unpaired) electrons. The van der Waals surface area contributed by atoms with Crippen LogP contribution in [0, 0.1) is 0 Å². The number of aliphatic carboxylic acids is 1. The van der Waals surface area contributed by atoms with Crippen molar-refractivity contribution in [2.45, 2.75) is 18.9 Å². The Balaban J connectivity index is 1.24. The first-order valence-electron chi connectivity index (χ1n) is 12.8. The molecule has 3 aromatic rings. The Morgan fingerprint density at radius 1 is 1.10 bits per heavy atom. The molecule has 1 atom stereocenters. The van der Waals surface area contributed by atoms with E-state index in [4.69, 9.17) is 19.3 Å². The second-order valence-corrected chi connectivity index (χ2v) is 9.25. The molecule has 1 unspecified atom stereocenters. The average Bonchev–Trinajstić information content (AvgIpc) is 3.65. The number of carboxylic acids is 1. The number of nitrogens with one attached hydrogen (secondary N) is 1. The number of benzene rings is 1. The zero-order valence-corrected chi connectivity index (χ0v) is 21.6. The number of hydrogen-bond donors (Lipinski definition) is 2. The summed E-state index contributed by atoms with van der Waals surface area (Å²) < 4.78 is 17.4. The Bertz CT molecular complexity index is 1350. The van der Waals surface area contributed by atoms with Gasteiger partial charge in [-0.05, 0) is 30.2 Å². The highest BCUT2D eigenvalue weighted by Gasteiger charge is 2.32. The maximum Gasteiger partial charge on any atom is 0.329 e. The third-order valence-corrected chi connectivity index (χ3v) is 6.54. The SMILES string of the molecule is O=C(O)COCC(=O)N1CCN(c2ccnc(-n3ccnc3)n2)C(CC(=O)NCCc2ccc3c(c2)OCO3)C1. The van der Waals surface area contributed by atoms with Gasteiger partial charge in [-0.15, -0.1) is 0 Å². The zero-order chi connectivity index (χ0) is 27.9. The lowest BCUT2D eigenvalue weighted by Gasteiger charge is -2.42. The number of rotatable bonds is 11. The van der Waals surface area contributed by atoms with Gasteiger partial charge >= 0.3 is 5.97 Å². The molecule has 0 bridgehead atoms. The predicted molar refractivity (Wildman–Crippen MR) is 139 cm³/mol. The van der Waals surface area contributed by atoms with E-state index in [1.165, 1.54) is 0 Å². The van der Waals surface area contributed by atoms with Crippen LogP contribution in [0.15, 0.2) is 49.2 Å². The fourth-order valence-electron chi connectivity index (χ4n) is 4.60. The van der Waals surface area contributed by atoms with Crippen molar-refractivity contribution in [1.29, 1.82) is 0 Å². The van der Waals surface area contributed by atoms with Crippen LogP contribution in [0.5, 0.6) is 11.5 Å². The molecule has 2 aromatic heterocycles. The molecule has 4 heterocycles. The van der Waals surface area contributed by atoms with E-state index < -0.39 is 12.6 Å². The molecule has 1 fully saturated rings. The van der Waals surface area contributed by atoms with Crippen LogP contribution in [0.4, 0.5) is 5.82 Å². The Morgan fingerprint density at radius 2 is 1.98 bits per heavy atom. The van der Waals surface area contributed by atoms with Crippen molar-refractivity contribution >= 4 is 23.6 Å². The highest BCUT2D eigenvalue weighted by Crippen LogP contribution is 2.32. The minimum Gasteiger partial charge on any atom is -0.480 e. The van der Waals surface area contributed by atoms with E-state index in [1.807, 2.05) is 23.1 Å². The van der Waals surface area contributed by atoms with Gasteiger partial charge in [0.1, 0.15) is 25.4 Å². The Labute approximate surface area is 229 Å². The largest absolute Gasteiger partial charge is 0.480 e. The summed E-state index contributed by atoms with van der Waals surface area (Å²) in [5.74, 6) is 0.795. The smallest absolute Gasteiger partial charge is 0.329 e. The summed E-state index contributed by atoms with van der Waals surface area (Å²) in [7, 11) is 0. The summed E-state index contributed by atoms with van der Waals surface area (Å²) in [5, 5.41) is 11.8. The summed E-state index contributed by atoms with van der Waals surface area (Å²) in [5.41, 5.74) is 1.01. The maximum absolute atomic E-state index is 13.0. The van der Waals surface area contributed by atoms with Crippen molar-refractivity contribution in [3.8, 4) is 17.4 Å². The third-order valence-electron chi connectivity index (χ3n) is 6.54. The first kappa shape index (κ1) is 26.9. The molecule has 2 aliphatic heterocycles. The minimum absolute atomic E-state index is 0.116. The molecule has 5 rings (SSSR count). The van der Waals surface area contributed by atoms with E-state index in [9.17, 15) is 14.4 Å². The number of ether oxygens (including phenoxy) is 3. The van der Waals surface area contributed by atoms with Gasteiger partial charge in [-0.1, -0.05) is 6.07 Å². The van der Waals surface area contributed by atoms with Gasteiger partial charge in [-0.3, -0.25) is 14.2 Å². The van der Waals surface area contributed by atoms with Crippen LogP contribution in [0.2, 0.25) is 0 Å².